The van der Waals surface area contributed by atoms with Crippen molar-refractivity contribution in [2.75, 3.05) is 0 Å². The zero-order valence-electron chi connectivity index (χ0n) is 49.0. The Hall–Kier alpha value is -7.28. The molecule has 0 atom stereocenters. The molecule has 0 bridgehead atoms. The number of aryl methyl sites for hydroxylation is 20. The van der Waals surface area contributed by atoms with E-state index >= 15 is 0 Å². The van der Waals surface area contributed by atoms with Gasteiger partial charge in [-0.2, -0.15) is 0 Å². The lowest BCUT2D eigenvalue weighted by atomic mass is 9.86. The lowest BCUT2D eigenvalue weighted by Gasteiger charge is -2.19. The smallest absolute Gasteiger partial charge is 0.00963 e. The Labute approximate surface area is 484 Å². The highest BCUT2D eigenvalue weighted by molar-refractivity contribution is 6.05. The van der Waals surface area contributed by atoms with Gasteiger partial charge >= 0.3 is 0 Å². The molecule has 0 N–H and O–H groups in total. The van der Waals surface area contributed by atoms with Crippen LogP contribution in [0.15, 0.2) is 170 Å². The third-order valence-electron chi connectivity index (χ3n) is 19.1. The van der Waals surface area contributed by atoms with Crippen LogP contribution < -0.4 is 0 Å². The second kappa shape index (κ2) is 23.7. The fraction of sp³-hybridized carbons (Fsp3) is 0.309. The van der Waals surface area contributed by atoms with Crippen molar-refractivity contribution in [2.45, 2.75) is 163 Å². The van der Waals surface area contributed by atoms with Gasteiger partial charge in [0, 0.05) is 0 Å². The number of unbranched alkanes of at least 4 members (excludes halogenated alkanes) is 1. The fourth-order valence-electron chi connectivity index (χ4n) is 14.0. The second-order valence-electron chi connectivity index (χ2n) is 25.2. The molecule has 406 valence electrons. The van der Waals surface area contributed by atoms with Gasteiger partial charge in [-0.3, -0.25) is 0 Å². The quantitative estimate of drug-likeness (QED) is 0.0708. The maximum Gasteiger partial charge on any atom is -0.00963 e. The van der Waals surface area contributed by atoms with Crippen LogP contribution >= 0.6 is 0 Å². The topological polar surface area (TPSA) is 0 Å². The molecule has 0 unspecified atom stereocenters. The van der Waals surface area contributed by atoms with Crippen molar-refractivity contribution in [2.24, 2.45) is 0 Å². The van der Waals surface area contributed by atoms with Gasteiger partial charge in [-0.15, -0.1) is 0 Å². The average Bonchev–Trinajstić information content (AvgIpc) is 3.62. The molecule has 0 radical (unpaired) electrons. The summed E-state index contributed by atoms with van der Waals surface area (Å²) in [6.45, 7) is 9.02. The van der Waals surface area contributed by atoms with Crippen LogP contribution in [0.4, 0.5) is 0 Å². The van der Waals surface area contributed by atoms with E-state index in [1.54, 1.807) is 50.1 Å². The average molecular weight is 1060 g/mol. The Bertz CT molecular complexity index is 3780. The van der Waals surface area contributed by atoms with Gasteiger partial charge in [-0.1, -0.05) is 181 Å². The van der Waals surface area contributed by atoms with E-state index in [0.29, 0.717) is 0 Å². The summed E-state index contributed by atoms with van der Waals surface area (Å²) in [6.07, 6.45) is 25.7. The highest BCUT2D eigenvalue weighted by Crippen LogP contribution is 2.38. The number of hydrogen-bond donors (Lipinski definition) is 0. The van der Waals surface area contributed by atoms with Crippen LogP contribution in [-0.2, 0) is 103 Å². The third-order valence-corrected chi connectivity index (χ3v) is 19.1. The zero-order valence-corrected chi connectivity index (χ0v) is 49.0. The molecule has 0 aromatic heterocycles. The molecule has 0 aliphatic heterocycles. The van der Waals surface area contributed by atoms with Crippen LogP contribution in [-0.4, -0.2) is 0 Å². The maximum atomic E-state index is 2.46. The second-order valence-corrected chi connectivity index (χ2v) is 25.2. The molecule has 0 saturated heterocycles. The van der Waals surface area contributed by atoms with Crippen molar-refractivity contribution in [3.63, 3.8) is 0 Å². The van der Waals surface area contributed by atoms with Crippen LogP contribution in [0.1, 0.15) is 143 Å². The molecule has 0 nitrogen and oxygen atoms in total. The van der Waals surface area contributed by atoms with Crippen LogP contribution in [0.5, 0.6) is 0 Å². The minimum atomic E-state index is 1.12. The summed E-state index contributed by atoms with van der Waals surface area (Å²) in [5.74, 6) is 0. The number of rotatable bonds is 19. The molecule has 0 fully saturated rings. The van der Waals surface area contributed by atoms with Gasteiger partial charge < -0.3 is 0 Å². The number of benzene rings is 10. The Morgan fingerprint density at radius 2 is 0.494 bits per heavy atom. The third kappa shape index (κ3) is 12.1. The van der Waals surface area contributed by atoms with E-state index in [2.05, 4.69) is 198 Å². The van der Waals surface area contributed by atoms with E-state index in [1.807, 2.05) is 0 Å². The van der Waals surface area contributed by atoms with Gasteiger partial charge in [-0.05, 0) is 306 Å². The fourth-order valence-corrected chi connectivity index (χ4v) is 14.0. The number of fused-ring (bicyclic) bond motifs is 6. The minimum Gasteiger partial charge on any atom is -0.0588 e. The molecule has 10 aromatic rings. The van der Waals surface area contributed by atoms with Crippen LogP contribution in [0.2, 0.25) is 0 Å². The molecule has 14 rings (SSSR count). The lowest BCUT2D eigenvalue weighted by molar-refractivity contribution is 0.732. The van der Waals surface area contributed by atoms with E-state index in [1.165, 1.54) is 208 Å². The van der Waals surface area contributed by atoms with Gasteiger partial charge in [-0.25, -0.2) is 0 Å². The molecule has 0 heterocycles. The minimum absolute atomic E-state index is 1.12. The van der Waals surface area contributed by atoms with Gasteiger partial charge in [0.05, 0.1) is 0 Å². The van der Waals surface area contributed by atoms with Crippen LogP contribution in [0.3, 0.4) is 0 Å². The Morgan fingerprint density at radius 1 is 0.222 bits per heavy atom. The summed E-state index contributed by atoms with van der Waals surface area (Å²) in [5, 5.41) is 5.67. The molecule has 0 amide bonds. The molecule has 0 saturated carbocycles. The first kappa shape index (κ1) is 53.1. The van der Waals surface area contributed by atoms with E-state index in [9.17, 15) is 0 Å². The molecular weight excluding hydrogens is 973 g/mol. The molecule has 0 heteroatoms. The highest BCUT2D eigenvalue weighted by Gasteiger charge is 2.18. The highest BCUT2D eigenvalue weighted by atomic mass is 14.2. The van der Waals surface area contributed by atoms with Crippen molar-refractivity contribution < 1.29 is 0 Å². The monoisotopic (exact) mass is 1050 g/mol. The largest absolute Gasteiger partial charge is 0.0588 e. The summed E-state index contributed by atoms with van der Waals surface area (Å²) < 4.78 is 0. The Kier molecular flexibility index (Phi) is 15.5. The molecule has 10 aromatic carbocycles. The summed E-state index contributed by atoms with van der Waals surface area (Å²) in [6, 6.07) is 66.6. The standard InChI is InChI=1S/C46H44.C35H38/c1-31-25-43(39-17-9-33(10-18-39)5-3-7-35-13-15-37-21-23-41(37)29-35)46-28-32(2)26-44(45(46)27-31)40-19-11-34(12-20-40)6-4-8-36-14-16-38-22-24-42(38)30-36;1-24-18-32(8-4-3-6-26-10-12-28-14-16-30(28)22-26)34-20-25(2)19-33(35(34)21-24)9-5-7-27-11-13-29-15-17-31(29)23-27/h9-20,25-30H,3-8,21-24H2,1-2H3;10-13,18-23H,3-9,14-17H2,1-2H3. The van der Waals surface area contributed by atoms with E-state index < -0.39 is 0 Å². The van der Waals surface area contributed by atoms with Crippen LogP contribution in [0, 0.1) is 27.7 Å². The van der Waals surface area contributed by atoms with Gasteiger partial charge in [0.25, 0.3) is 0 Å². The number of hydrogen-bond acceptors (Lipinski definition) is 0. The zero-order chi connectivity index (χ0) is 54.8. The summed E-state index contributed by atoms with van der Waals surface area (Å²) in [4.78, 5) is 0. The SMILES string of the molecule is Cc1cc(-c2ccc(CCCc3ccc4c(c3)CC4)cc2)c2cc(C)cc(-c3ccc(CCCc4ccc5c(c4)CC5)cc3)c2c1.Cc1cc(CCCc2ccc3c(c2)CC3)c2cc(C)cc(CCCCc3ccc4c(c3)CC4)c2c1. The molecule has 4 aliphatic rings. The molecule has 81 heavy (non-hydrogen) atoms. The van der Waals surface area contributed by atoms with Crippen molar-refractivity contribution in [1.29, 1.82) is 0 Å². The first-order valence-electron chi connectivity index (χ1n) is 31.4. The predicted molar refractivity (Wildman–Crippen MR) is 346 cm³/mol. The molecular formula is C81H82. The van der Waals surface area contributed by atoms with Crippen molar-refractivity contribution >= 4 is 21.5 Å². The predicted octanol–water partition coefficient (Wildman–Crippen LogP) is 19.7. The Balaban J connectivity index is 0.000000158. The first-order chi connectivity index (χ1) is 39.7. The summed E-state index contributed by atoms with van der Waals surface area (Å²) >= 11 is 0. The summed E-state index contributed by atoms with van der Waals surface area (Å²) in [5.41, 5.74) is 35.3. The normalized spacial score (nSPS) is 13.4. The van der Waals surface area contributed by atoms with Gasteiger partial charge in [0.2, 0.25) is 0 Å². The van der Waals surface area contributed by atoms with Crippen molar-refractivity contribution in [3.05, 3.63) is 281 Å². The first-order valence-corrected chi connectivity index (χ1v) is 31.4. The van der Waals surface area contributed by atoms with Crippen molar-refractivity contribution in [1.82, 2.24) is 0 Å². The lowest BCUT2D eigenvalue weighted by Crippen LogP contribution is -2.08. The van der Waals surface area contributed by atoms with E-state index in [-0.39, 0.29) is 0 Å². The van der Waals surface area contributed by atoms with Gasteiger partial charge in [0.1, 0.15) is 0 Å². The van der Waals surface area contributed by atoms with E-state index in [0.717, 1.165) is 32.1 Å². The van der Waals surface area contributed by atoms with E-state index in [4.69, 9.17) is 0 Å². The van der Waals surface area contributed by atoms with Crippen molar-refractivity contribution in [3.8, 4) is 22.3 Å². The maximum absolute atomic E-state index is 2.46. The molecule has 0 spiro atoms. The molecule has 4 aliphatic carbocycles. The Morgan fingerprint density at radius 3 is 0.840 bits per heavy atom. The van der Waals surface area contributed by atoms with Gasteiger partial charge in [0.15, 0.2) is 0 Å². The summed E-state index contributed by atoms with van der Waals surface area (Å²) in [7, 11) is 0. The van der Waals surface area contributed by atoms with Crippen LogP contribution in [0.25, 0.3) is 43.8 Å².